The molecule has 0 spiro atoms. The van der Waals surface area contributed by atoms with Crippen molar-refractivity contribution in [3.05, 3.63) is 45.8 Å². The average molecular weight is 318 g/mol. The Labute approximate surface area is 132 Å². The summed E-state index contributed by atoms with van der Waals surface area (Å²) in [5, 5.41) is 27.8. The summed E-state index contributed by atoms with van der Waals surface area (Å²) in [4.78, 5) is 23.3. The van der Waals surface area contributed by atoms with Crippen LogP contribution in [0.15, 0.2) is 24.3 Å². The number of carbonyl (C=O) groups is 1. The van der Waals surface area contributed by atoms with E-state index in [1.807, 2.05) is 0 Å². The summed E-state index contributed by atoms with van der Waals surface area (Å²) in [5.74, 6) is -0.828. The summed E-state index contributed by atoms with van der Waals surface area (Å²) in [6.45, 7) is 5.35. The average Bonchev–Trinajstić information content (AvgIpc) is 2.79. The van der Waals surface area contributed by atoms with E-state index in [9.17, 15) is 20.0 Å². The molecule has 0 radical (unpaired) electrons. The van der Waals surface area contributed by atoms with E-state index in [0.717, 1.165) is 0 Å². The number of carbonyl (C=O) groups excluding carboxylic acids is 1. The highest BCUT2D eigenvalue weighted by Crippen LogP contribution is 2.33. The third-order valence-corrected chi connectivity index (χ3v) is 3.28. The molecule has 0 atom stereocenters. The van der Waals surface area contributed by atoms with Crippen molar-refractivity contribution in [3.8, 4) is 5.75 Å². The number of benzene rings is 1. The van der Waals surface area contributed by atoms with Gasteiger partial charge in [-0.1, -0.05) is 32.9 Å². The molecule has 0 bridgehead atoms. The number of hydrogen-bond donors (Lipinski definition) is 2. The molecule has 8 heteroatoms. The zero-order valence-electron chi connectivity index (χ0n) is 13.3. The van der Waals surface area contributed by atoms with Crippen molar-refractivity contribution >= 4 is 17.3 Å². The molecule has 1 aromatic heterocycles. The maximum Gasteiger partial charge on any atom is 0.323 e. The minimum atomic E-state index is -0.705. The second-order valence-electron chi connectivity index (χ2n) is 6.15. The van der Waals surface area contributed by atoms with Crippen molar-refractivity contribution in [2.45, 2.75) is 26.2 Å². The summed E-state index contributed by atoms with van der Waals surface area (Å²) in [6.07, 6.45) is 0. The van der Waals surface area contributed by atoms with Crippen LogP contribution < -0.4 is 5.32 Å². The number of amides is 1. The second-order valence-corrected chi connectivity index (χ2v) is 6.15. The third-order valence-electron chi connectivity index (χ3n) is 3.28. The lowest BCUT2D eigenvalue weighted by Crippen LogP contribution is -2.18. The first-order chi connectivity index (χ1) is 10.6. The molecule has 1 aromatic carbocycles. The molecule has 0 fully saturated rings. The Morgan fingerprint density at radius 1 is 1.35 bits per heavy atom. The normalized spacial score (nSPS) is 11.3. The van der Waals surface area contributed by atoms with Gasteiger partial charge >= 0.3 is 5.69 Å². The number of aromatic nitrogens is 2. The molecule has 1 amide bonds. The van der Waals surface area contributed by atoms with Crippen molar-refractivity contribution in [3.63, 3.8) is 0 Å². The molecule has 122 valence electrons. The quantitative estimate of drug-likeness (QED) is 0.513. The van der Waals surface area contributed by atoms with Crippen LogP contribution in [-0.4, -0.2) is 25.7 Å². The Balaban J connectivity index is 2.51. The van der Waals surface area contributed by atoms with Crippen molar-refractivity contribution in [1.82, 2.24) is 9.78 Å². The maximum absolute atomic E-state index is 12.5. The van der Waals surface area contributed by atoms with E-state index in [1.54, 1.807) is 32.9 Å². The predicted octanol–water partition coefficient (Wildman–Crippen LogP) is 2.58. The zero-order valence-corrected chi connectivity index (χ0v) is 13.3. The first kappa shape index (κ1) is 16.5. The van der Waals surface area contributed by atoms with Gasteiger partial charge in [-0.15, -0.1) is 0 Å². The highest BCUT2D eigenvalue weighted by atomic mass is 16.6. The van der Waals surface area contributed by atoms with Crippen molar-refractivity contribution in [2.75, 3.05) is 5.32 Å². The van der Waals surface area contributed by atoms with Crippen LogP contribution in [0.3, 0.4) is 0 Å². The van der Waals surface area contributed by atoms with Gasteiger partial charge in [0.1, 0.15) is 11.4 Å². The largest absolute Gasteiger partial charge is 0.506 e. The van der Waals surface area contributed by atoms with Gasteiger partial charge in [-0.3, -0.25) is 19.6 Å². The molecule has 2 rings (SSSR count). The van der Waals surface area contributed by atoms with E-state index in [0.29, 0.717) is 0 Å². The number of aromatic hydroxyl groups is 1. The van der Waals surface area contributed by atoms with Crippen LogP contribution in [0.4, 0.5) is 11.4 Å². The minimum absolute atomic E-state index is 0.123. The van der Waals surface area contributed by atoms with E-state index in [1.165, 1.54) is 23.9 Å². The number of nitrogens with one attached hydrogen (secondary N) is 1. The van der Waals surface area contributed by atoms with E-state index in [4.69, 9.17) is 0 Å². The summed E-state index contributed by atoms with van der Waals surface area (Å²) in [5.41, 5.74) is -0.679. The Kier molecular flexibility index (Phi) is 4.09. The van der Waals surface area contributed by atoms with Gasteiger partial charge in [-0.2, -0.15) is 5.10 Å². The van der Waals surface area contributed by atoms with Crippen LogP contribution in [0.2, 0.25) is 0 Å². The highest BCUT2D eigenvalue weighted by Gasteiger charge is 2.36. The molecule has 0 aliphatic carbocycles. The van der Waals surface area contributed by atoms with Gasteiger partial charge in [0.2, 0.25) is 5.69 Å². The fourth-order valence-electron chi connectivity index (χ4n) is 2.21. The number of anilines is 1. The molecule has 2 N–H and O–H groups in total. The fourth-order valence-corrected chi connectivity index (χ4v) is 2.21. The number of rotatable bonds is 3. The predicted molar refractivity (Wildman–Crippen MR) is 84.6 cm³/mol. The van der Waals surface area contributed by atoms with Gasteiger partial charge in [-0.05, 0) is 12.1 Å². The summed E-state index contributed by atoms with van der Waals surface area (Å²) >= 11 is 0. The van der Waals surface area contributed by atoms with E-state index in [-0.39, 0.29) is 28.5 Å². The summed E-state index contributed by atoms with van der Waals surface area (Å²) in [7, 11) is 1.47. The number of aryl methyl sites for hydroxylation is 1. The fraction of sp³-hybridized carbons (Fsp3) is 0.333. The maximum atomic E-state index is 12.5. The van der Waals surface area contributed by atoms with Crippen LogP contribution in [-0.2, 0) is 12.5 Å². The lowest BCUT2D eigenvalue weighted by molar-refractivity contribution is -0.386. The lowest BCUT2D eigenvalue weighted by Gasteiger charge is -2.13. The Morgan fingerprint density at radius 3 is 2.48 bits per heavy atom. The number of nitrogens with zero attached hydrogens (tertiary/aromatic N) is 3. The smallest absolute Gasteiger partial charge is 0.323 e. The topological polar surface area (TPSA) is 110 Å². The van der Waals surface area contributed by atoms with Crippen LogP contribution in [0.5, 0.6) is 5.75 Å². The molecule has 0 aliphatic rings. The number of hydrogen-bond acceptors (Lipinski definition) is 5. The molecule has 23 heavy (non-hydrogen) atoms. The standard InChI is InChI=1S/C15H18N4O4/c1-15(2,3)13-11(19(22)23)12(18(4)17-13)14(21)16-9-7-5-6-8-10(9)20/h5-8,20H,1-4H3,(H,16,21). The van der Waals surface area contributed by atoms with Gasteiger partial charge < -0.3 is 10.4 Å². The van der Waals surface area contributed by atoms with Crippen molar-refractivity contribution in [1.29, 1.82) is 0 Å². The molecule has 0 saturated heterocycles. The monoisotopic (exact) mass is 318 g/mol. The number of phenols is 1. The Bertz CT molecular complexity index is 774. The minimum Gasteiger partial charge on any atom is -0.506 e. The van der Waals surface area contributed by atoms with Gasteiger partial charge in [0.25, 0.3) is 5.91 Å². The number of nitro groups is 1. The second kappa shape index (κ2) is 5.71. The van der Waals surface area contributed by atoms with Gasteiger partial charge in [0.15, 0.2) is 0 Å². The first-order valence-corrected chi connectivity index (χ1v) is 6.94. The molecular formula is C15H18N4O4. The van der Waals surface area contributed by atoms with Crippen molar-refractivity contribution in [2.24, 2.45) is 7.05 Å². The van der Waals surface area contributed by atoms with E-state index in [2.05, 4.69) is 10.4 Å². The summed E-state index contributed by atoms with van der Waals surface area (Å²) in [6, 6.07) is 6.15. The van der Waals surface area contributed by atoms with Gasteiger partial charge in [0, 0.05) is 12.5 Å². The van der Waals surface area contributed by atoms with E-state index < -0.39 is 16.2 Å². The SMILES string of the molecule is Cn1nc(C(C)(C)C)c([N+](=O)[O-])c1C(=O)Nc1ccccc1O. The van der Waals surface area contributed by atoms with Crippen LogP contribution >= 0.6 is 0 Å². The number of phenolic OH excluding ortho intramolecular Hbond substituents is 1. The molecule has 0 unspecified atom stereocenters. The van der Waals surface area contributed by atoms with Crippen LogP contribution in [0, 0.1) is 10.1 Å². The Hall–Kier alpha value is -2.90. The number of para-hydroxylation sites is 2. The van der Waals surface area contributed by atoms with Crippen LogP contribution in [0.25, 0.3) is 0 Å². The molecular weight excluding hydrogens is 300 g/mol. The molecule has 8 nitrogen and oxygen atoms in total. The van der Waals surface area contributed by atoms with Gasteiger partial charge in [-0.25, -0.2) is 0 Å². The third kappa shape index (κ3) is 3.15. The molecule has 0 saturated carbocycles. The first-order valence-electron chi connectivity index (χ1n) is 6.94. The molecule has 2 aromatic rings. The lowest BCUT2D eigenvalue weighted by atomic mass is 9.91. The Morgan fingerprint density at radius 2 is 1.96 bits per heavy atom. The molecule has 1 heterocycles. The summed E-state index contributed by atoms with van der Waals surface area (Å²) < 4.78 is 1.19. The zero-order chi connectivity index (χ0) is 17.4. The van der Waals surface area contributed by atoms with Crippen molar-refractivity contribution < 1.29 is 14.8 Å². The van der Waals surface area contributed by atoms with E-state index >= 15 is 0 Å². The molecule has 0 aliphatic heterocycles. The van der Waals surface area contributed by atoms with Gasteiger partial charge in [0.05, 0.1) is 10.6 Å². The van der Waals surface area contributed by atoms with Crippen LogP contribution in [0.1, 0.15) is 37.0 Å². The highest BCUT2D eigenvalue weighted by molar-refractivity contribution is 6.06.